The Morgan fingerprint density at radius 3 is 2.96 bits per heavy atom. The third-order valence-electron chi connectivity index (χ3n) is 4.46. The van der Waals surface area contributed by atoms with Crippen molar-refractivity contribution in [2.45, 2.75) is 38.6 Å². The molecule has 1 aromatic heterocycles. The predicted molar refractivity (Wildman–Crippen MR) is 93.3 cm³/mol. The van der Waals surface area contributed by atoms with Gasteiger partial charge in [0.05, 0.1) is 12.0 Å². The first-order valence-corrected chi connectivity index (χ1v) is 8.61. The molecule has 0 saturated heterocycles. The molecule has 9 heteroatoms. The van der Waals surface area contributed by atoms with Crippen LogP contribution in [0.5, 0.6) is 5.75 Å². The van der Waals surface area contributed by atoms with Crippen molar-refractivity contribution in [3.8, 4) is 5.75 Å². The van der Waals surface area contributed by atoms with Gasteiger partial charge in [0.2, 0.25) is 0 Å². The van der Waals surface area contributed by atoms with E-state index in [0.29, 0.717) is 13.0 Å². The van der Waals surface area contributed by atoms with Crippen LogP contribution in [0.3, 0.4) is 0 Å². The summed E-state index contributed by atoms with van der Waals surface area (Å²) in [6.45, 7) is 1.30. The highest BCUT2D eigenvalue weighted by Crippen LogP contribution is 2.27. The SMILES string of the molecule is COc1ccc(C(=O)NCCc2nnc3n2CCCCC3)cc1[N+](=O)[O-]. The van der Waals surface area contributed by atoms with Crippen molar-refractivity contribution in [2.24, 2.45) is 0 Å². The van der Waals surface area contributed by atoms with E-state index in [1.807, 2.05) is 0 Å². The fraction of sp³-hybridized carbons (Fsp3) is 0.471. The molecule has 3 rings (SSSR count). The quantitative estimate of drug-likeness (QED) is 0.623. The minimum absolute atomic E-state index is 0.123. The Morgan fingerprint density at radius 2 is 2.19 bits per heavy atom. The summed E-state index contributed by atoms with van der Waals surface area (Å²) in [6, 6.07) is 4.15. The standard InChI is InChI=1S/C17H21N5O4/c1-26-14-7-6-12(11-13(14)22(24)25)17(23)18-9-8-16-20-19-15-5-3-2-4-10-21(15)16/h6-7,11H,2-5,8-10H2,1H3,(H,18,23). The third-order valence-corrected chi connectivity index (χ3v) is 4.46. The summed E-state index contributed by atoms with van der Waals surface area (Å²) in [5, 5.41) is 22.3. The van der Waals surface area contributed by atoms with Crippen LogP contribution in [0.4, 0.5) is 5.69 Å². The topological polar surface area (TPSA) is 112 Å². The van der Waals surface area contributed by atoms with E-state index < -0.39 is 4.92 Å². The summed E-state index contributed by atoms with van der Waals surface area (Å²) >= 11 is 0. The maximum atomic E-state index is 12.3. The van der Waals surface area contributed by atoms with Crippen molar-refractivity contribution < 1.29 is 14.5 Å². The molecule has 138 valence electrons. The molecule has 0 unspecified atom stereocenters. The number of carbonyl (C=O) groups excluding carboxylic acids is 1. The number of methoxy groups -OCH3 is 1. The zero-order valence-electron chi connectivity index (χ0n) is 14.6. The molecule has 1 aliphatic heterocycles. The summed E-state index contributed by atoms with van der Waals surface area (Å²) in [4.78, 5) is 22.8. The number of benzene rings is 1. The molecule has 0 aliphatic carbocycles. The summed E-state index contributed by atoms with van der Waals surface area (Å²) in [6.07, 6.45) is 4.94. The molecule has 0 saturated carbocycles. The van der Waals surface area contributed by atoms with E-state index >= 15 is 0 Å². The molecule has 1 aliphatic rings. The number of amides is 1. The van der Waals surface area contributed by atoms with Crippen molar-refractivity contribution in [2.75, 3.05) is 13.7 Å². The van der Waals surface area contributed by atoms with Crippen LogP contribution in [0.1, 0.15) is 41.3 Å². The van der Waals surface area contributed by atoms with Gasteiger partial charge in [-0.25, -0.2) is 0 Å². The van der Waals surface area contributed by atoms with E-state index in [1.54, 1.807) is 0 Å². The fourth-order valence-corrected chi connectivity index (χ4v) is 3.09. The van der Waals surface area contributed by atoms with Gasteiger partial charge in [0.25, 0.3) is 5.91 Å². The Kier molecular flexibility index (Phi) is 5.45. The number of aromatic nitrogens is 3. The molecule has 1 aromatic carbocycles. The molecular weight excluding hydrogens is 338 g/mol. The number of nitrogens with one attached hydrogen (secondary N) is 1. The van der Waals surface area contributed by atoms with E-state index in [0.717, 1.165) is 37.5 Å². The predicted octanol–water partition coefficient (Wildman–Crippen LogP) is 1.89. The lowest BCUT2D eigenvalue weighted by atomic mass is 10.1. The average molecular weight is 359 g/mol. The second kappa shape index (κ2) is 7.94. The Morgan fingerprint density at radius 1 is 1.35 bits per heavy atom. The van der Waals surface area contributed by atoms with Crippen molar-refractivity contribution in [3.05, 3.63) is 45.5 Å². The number of hydrogen-bond donors (Lipinski definition) is 1. The molecule has 9 nitrogen and oxygen atoms in total. The van der Waals surface area contributed by atoms with Crippen LogP contribution in [0, 0.1) is 10.1 Å². The monoisotopic (exact) mass is 359 g/mol. The van der Waals surface area contributed by atoms with E-state index in [1.165, 1.54) is 31.7 Å². The number of nitrogens with zero attached hydrogens (tertiary/aromatic N) is 4. The normalized spacial score (nSPS) is 13.6. The van der Waals surface area contributed by atoms with Crippen molar-refractivity contribution >= 4 is 11.6 Å². The second-order valence-corrected chi connectivity index (χ2v) is 6.14. The third kappa shape index (κ3) is 3.81. The summed E-state index contributed by atoms with van der Waals surface area (Å²) < 4.78 is 7.08. The van der Waals surface area contributed by atoms with Crippen molar-refractivity contribution in [3.63, 3.8) is 0 Å². The molecule has 1 amide bonds. The summed E-state index contributed by atoms with van der Waals surface area (Å²) in [7, 11) is 1.35. The zero-order chi connectivity index (χ0) is 18.5. The highest BCUT2D eigenvalue weighted by molar-refractivity contribution is 5.95. The Bertz CT molecular complexity index is 817. The summed E-state index contributed by atoms with van der Waals surface area (Å²) in [5.41, 5.74) is -0.0134. The maximum absolute atomic E-state index is 12.3. The number of aryl methyl sites for hydroxylation is 1. The Hall–Kier alpha value is -2.97. The van der Waals surface area contributed by atoms with Gasteiger partial charge in [0.15, 0.2) is 5.75 Å². The van der Waals surface area contributed by atoms with Gasteiger partial charge in [-0.15, -0.1) is 10.2 Å². The van der Waals surface area contributed by atoms with Gasteiger partial charge in [-0.3, -0.25) is 14.9 Å². The van der Waals surface area contributed by atoms with Crippen LogP contribution in [0.2, 0.25) is 0 Å². The van der Waals surface area contributed by atoms with E-state index in [4.69, 9.17) is 4.74 Å². The lowest BCUT2D eigenvalue weighted by Crippen LogP contribution is -2.26. The van der Waals surface area contributed by atoms with E-state index in [2.05, 4.69) is 20.1 Å². The van der Waals surface area contributed by atoms with Crippen molar-refractivity contribution in [1.29, 1.82) is 0 Å². The minimum Gasteiger partial charge on any atom is -0.490 e. The number of carbonyl (C=O) groups is 1. The maximum Gasteiger partial charge on any atom is 0.311 e. The van der Waals surface area contributed by atoms with Gasteiger partial charge < -0.3 is 14.6 Å². The van der Waals surface area contributed by atoms with E-state index in [-0.39, 0.29) is 22.9 Å². The fourth-order valence-electron chi connectivity index (χ4n) is 3.09. The molecule has 0 radical (unpaired) electrons. The van der Waals surface area contributed by atoms with Crippen LogP contribution in [-0.2, 0) is 19.4 Å². The first-order valence-electron chi connectivity index (χ1n) is 8.61. The van der Waals surface area contributed by atoms with Gasteiger partial charge in [-0.05, 0) is 25.0 Å². The molecule has 2 aromatic rings. The number of ether oxygens (including phenoxy) is 1. The van der Waals surface area contributed by atoms with Gasteiger partial charge >= 0.3 is 5.69 Å². The molecule has 1 N–H and O–H groups in total. The first-order chi connectivity index (χ1) is 12.6. The van der Waals surface area contributed by atoms with Gasteiger partial charge in [0, 0.05) is 37.6 Å². The lowest BCUT2D eigenvalue weighted by Gasteiger charge is -2.08. The smallest absolute Gasteiger partial charge is 0.311 e. The molecule has 0 atom stereocenters. The van der Waals surface area contributed by atoms with Crippen LogP contribution in [0.25, 0.3) is 0 Å². The number of rotatable bonds is 6. The van der Waals surface area contributed by atoms with E-state index in [9.17, 15) is 14.9 Å². The van der Waals surface area contributed by atoms with Gasteiger partial charge in [-0.2, -0.15) is 0 Å². The molecule has 0 spiro atoms. The molecule has 0 bridgehead atoms. The lowest BCUT2D eigenvalue weighted by molar-refractivity contribution is -0.385. The number of nitro groups is 1. The zero-order valence-corrected chi connectivity index (χ0v) is 14.6. The summed E-state index contributed by atoms with van der Waals surface area (Å²) in [5.74, 6) is 1.63. The molecule has 0 fully saturated rings. The minimum atomic E-state index is -0.568. The largest absolute Gasteiger partial charge is 0.490 e. The Balaban J connectivity index is 1.62. The first kappa shape index (κ1) is 17.8. The molecule has 26 heavy (non-hydrogen) atoms. The number of nitro benzene ring substituents is 1. The Labute approximate surface area is 150 Å². The number of hydrogen-bond acceptors (Lipinski definition) is 6. The average Bonchev–Trinajstić information content (AvgIpc) is 2.87. The van der Waals surface area contributed by atoms with Gasteiger partial charge in [-0.1, -0.05) is 6.42 Å². The van der Waals surface area contributed by atoms with Crippen LogP contribution < -0.4 is 10.1 Å². The number of fused-ring (bicyclic) bond motifs is 1. The van der Waals surface area contributed by atoms with Crippen LogP contribution in [-0.4, -0.2) is 39.2 Å². The van der Waals surface area contributed by atoms with Crippen LogP contribution >= 0.6 is 0 Å². The van der Waals surface area contributed by atoms with Crippen molar-refractivity contribution in [1.82, 2.24) is 20.1 Å². The highest BCUT2D eigenvalue weighted by Gasteiger charge is 2.19. The van der Waals surface area contributed by atoms with Crippen LogP contribution in [0.15, 0.2) is 18.2 Å². The molecular formula is C17H21N5O4. The second-order valence-electron chi connectivity index (χ2n) is 6.14. The highest BCUT2D eigenvalue weighted by atomic mass is 16.6. The molecule has 2 heterocycles. The van der Waals surface area contributed by atoms with Gasteiger partial charge in [0.1, 0.15) is 11.6 Å².